The maximum absolute atomic E-state index is 2.33. The van der Waals surface area contributed by atoms with Crippen molar-refractivity contribution in [3.63, 3.8) is 0 Å². The van der Waals surface area contributed by atoms with Crippen LogP contribution in [0, 0.1) is 0 Å². The number of hydrogen-bond acceptors (Lipinski definition) is 0. The van der Waals surface area contributed by atoms with Gasteiger partial charge in [0.05, 0.1) is 0 Å². The second-order valence-corrected chi connectivity index (χ2v) is 9.47. The van der Waals surface area contributed by atoms with Crippen molar-refractivity contribution in [2.75, 3.05) is 0 Å². The topological polar surface area (TPSA) is 0 Å². The molecular formula is C12H15Hg. The van der Waals surface area contributed by atoms with Gasteiger partial charge in [-0.2, -0.15) is 0 Å². The van der Waals surface area contributed by atoms with E-state index >= 15 is 0 Å². The van der Waals surface area contributed by atoms with E-state index < -0.39 is 0 Å². The normalized spacial score (nSPS) is 21.4. The van der Waals surface area contributed by atoms with Crippen molar-refractivity contribution in [3.8, 4) is 0 Å². The van der Waals surface area contributed by atoms with E-state index in [0.29, 0.717) is 2.92 Å². The Hall–Kier alpha value is 0.155. The van der Waals surface area contributed by atoms with Gasteiger partial charge in [0.25, 0.3) is 0 Å². The van der Waals surface area contributed by atoms with Gasteiger partial charge in [-0.3, -0.25) is 0 Å². The minimum absolute atomic E-state index is 0.666. The van der Waals surface area contributed by atoms with Crippen molar-refractivity contribution in [1.82, 2.24) is 0 Å². The number of rotatable bonds is 1. The van der Waals surface area contributed by atoms with Crippen molar-refractivity contribution in [1.29, 1.82) is 0 Å². The van der Waals surface area contributed by atoms with Crippen LogP contribution in [0.3, 0.4) is 0 Å². The van der Waals surface area contributed by atoms with Crippen molar-refractivity contribution in [3.05, 3.63) is 35.9 Å². The molecule has 2 rings (SSSR count). The maximum atomic E-state index is 2.33. The molecule has 65 valence electrons. The summed E-state index contributed by atoms with van der Waals surface area (Å²) in [7, 11) is 0. The van der Waals surface area contributed by atoms with Gasteiger partial charge in [-0.1, -0.05) is 0 Å². The summed E-state index contributed by atoms with van der Waals surface area (Å²) in [4.78, 5) is 0. The summed E-state index contributed by atoms with van der Waals surface area (Å²) in [6.45, 7) is 0. The van der Waals surface area contributed by atoms with E-state index in [9.17, 15) is 0 Å². The minimum atomic E-state index is 0.666. The molecule has 0 nitrogen and oxygen atoms in total. The Labute approximate surface area is 96.7 Å². The average molecular weight is 360 g/mol. The summed E-state index contributed by atoms with van der Waals surface area (Å²) < 4.78 is 0.666. The molecule has 1 aromatic rings. The monoisotopic (exact) mass is 361 g/mol. The molecule has 0 spiro atoms. The van der Waals surface area contributed by atoms with Crippen LogP contribution >= 0.6 is 0 Å². The van der Waals surface area contributed by atoms with Gasteiger partial charge in [-0.25, -0.2) is 0 Å². The molecule has 1 heteroatoms. The molecule has 0 N–H and O–H groups in total. The van der Waals surface area contributed by atoms with Crippen molar-refractivity contribution in [2.24, 2.45) is 0 Å². The van der Waals surface area contributed by atoms with Crippen molar-refractivity contribution in [2.45, 2.75) is 35.0 Å². The first-order valence-electron chi connectivity index (χ1n) is 5.22. The Morgan fingerprint density at radius 3 is 2.15 bits per heavy atom. The third kappa shape index (κ3) is 2.15. The quantitative estimate of drug-likeness (QED) is 0.674. The summed E-state index contributed by atoms with van der Waals surface area (Å²) in [5.74, 6) is 0. The van der Waals surface area contributed by atoms with Gasteiger partial charge >= 0.3 is 97.0 Å². The molecule has 0 atom stereocenters. The Morgan fingerprint density at radius 1 is 0.923 bits per heavy atom. The van der Waals surface area contributed by atoms with Gasteiger partial charge in [0.1, 0.15) is 0 Å². The molecular weight excluding hydrogens is 345 g/mol. The fourth-order valence-corrected chi connectivity index (χ4v) is 5.17. The molecule has 1 fully saturated rings. The van der Waals surface area contributed by atoms with Crippen molar-refractivity contribution >= 4 is 0 Å². The van der Waals surface area contributed by atoms with E-state index in [1.54, 1.807) is 5.56 Å². The van der Waals surface area contributed by atoms with Crippen LogP contribution in [0.4, 0.5) is 0 Å². The first-order valence-corrected chi connectivity index (χ1v) is 7.97. The predicted molar refractivity (Wildman–Crippen MR) is 51.2 cm³/mol. The number of benzene rings is 1. The van der Waals surface area contributed by atoms with Gasteiger partial charge < -0.3 is 0 Å². The van der Waals surface area contributed by atoms with Crippen LogP contribution in [0.15, 0.2) is 30.3 Å². The zero-order valence-electron chi connectivity index (χ0n) is 8.13. The molecule has 0 saturated heterocycles. The molecule has 0 amide bonds. The molecule has 0 heterocycles. The van der Waals surface area contributed by atoms with Crippen LogP contribution in [0.2, 0.25) is 0 Å². The fraction of sp³-hybridized carbons (Fsp3) is 0.500. The summed E-state index contributed by atoms with van der Waals surface area (Å²) in [6.07, 6.45) is 7.29. The van der Waals surface area contributed by atoms with Crippen LogP contribution in [-0.2, 0) is 29.0 Å². The summed E-state index contributed by atoms with van der Waals surface area (Å²) in [5.41, 5.74) is 1.62. The van der Waals surface area contributed by atoms with E-state index in [2.05, 4.69) is 30.3 Å². The van der Waals surface area contributed by atoms with Crippen LogP contribution in [-0.4, -0.2) is 0 Å². The van der Waals surface area contributed by atoms with E-state index in [1.165, 1.54) is 32.1 Å². The standard InChI is InChI=1S/C12H15.Hg/c1-3-7-11(8-4-1)12-9-5-2-6-10-12;/h1,3-4,7-8H,2,5-6,9-10H2;. The molecule has 1 aliphatic carbocycles. The molecule has 1 aliphatic rings. The van der Waals surface area contributed by atoms with Crippen LogP contribution < -0.4 is 0 Å². The Kier molecular flexibility index (Phi) is 3.08. The third-order valence-corrected chi connectivity index (χ3v) is 7.53. The molecule has 13 heavy (non-hydrogen) atoms. The summed E-state index contributed by atoms with van der Waals surface area (Å²) >= 11 is 0.877. The van der Waals surface area contributed by atoms with Gasteiger partial charge in [0.15, 0.2) is 0 Å². The van der Waals surface area contributed by atoms with Crippen LogP contribution in [0.5, 0.6) is 0 Å². The number of hydrogen-bond donors (Lipinski definition) is 0. The molecule has 0 aliphatic heterocycles. The molecule has 0 aromatic heterocycles. The molecule has 1 aromatic carbocycles. The Morgan fingerprint density at radius 2 is 1.54 bits per heavy atom. The second kappa shape index (κ2) is 4.12. The van der Waals surface area contributed by atoms with Gasteiger partial charge in [0.2, 0.25) is 0 Å². The molecule has 1 saturated carbocycles. The third-order valence-electron chi connectivity index (χ3n) is 3.20. The van der Waals surface area contributed by atoms with Crippen LogP contribution in [0.1, 0.15) is 37.7 Å². The zero-order chi connectivity index (χ0) is 9.15. The SMILES string of the molecule is [Hg][C]1(c2ccccc2)CCCCC1. The molecule has 0 bridgehead atoms. The first kappa shape index (κ1) is 9.70. The van der Waals surface area contributed by atoms with E-state index in [-0.39, 0.29) is 0 Å². The first-order chi connectivity index (χ1) is 6.31. The van der Waals surface area contributed by atoms with Gasteiger partial charge in [0, 0.05) is 0 Å². The zero-order valence-corrected chi connectivity index (χ0v) is 13.6. The van der Waals surface area contributed by atoms with E-state index in [0.717, 1.165) is 26.1 Å². The van der Waals surface area contributed by atoms with E-state index in [4.69, 9.17) is 0 Å². The van der Waals surface area contributed by atoms with Gasteiger partial charge in [-0.15, -0.1) is 0 Å². The predicted octanol–water partition coefficient (Wildman–Crippen LogP) is 3.39. The average Bonchev–Trinajstić information content (AvgIpc) is 2.20. The Bertz CT molecular complexity index is 260. The Balaban J connectivity index is 2.23. The van der Waals surface area contributed by atoms with Crippen molar-refractivity contribution < 1.29 is 26.1 Å². The second-order valence-electron chi connectivity index (χ2n) is 4.21. The summed E-state index contributed by atoms with van der Waals surface area (Å²) in [5, 5.41) is 0. The summed E-state index contributed by atoms with van der Waals surface area (Å²) in [6, 6.07) is 11.2. The van der Waals surface area contributed by atoms with Crippen LogP contribution in [0.25, 0.3) is 0 Å². The molecule has 0 radical (unpaired) electrons. The van der Waals surface area contributed by atoms with Gasteiger partial charge in [-0.05, 0) is 0 Å². The molecule has 0 unspecified atom stereocenters. The fourth-order valence-electron chi connectivity index (χ4n) is 2.31. The van der Waals surface area contributed by atoms with E-state index in [1.807, 2.05) is 0 Å².